The van der Waals surface area contributed by atoms with Gasteiger partial charge >= 0.3 is 0 Å². The van der Waals surface area contributed by atoms with Crippen molar-refractivity contribution in [1.29, 1.82) is 0 Å². The first-order valence-electron chi connectivity index (χ1n) is 7.29. The molecule has 0 aliphatic heterocycles. The Hall–Kier alpha value is -1.88. The number of methoxy groups -OCH3 is 1. The van der Waals surface area contributed by atoms with Crippen LogP contribution in [0, 0.1) is 0 Å². The van der Waals surface area contributed by atoms with Gasteiger partial charge in [-0.25, -0.2) is 0 Å². The van der Waals surface area contributed by atoms with E-state index in [1.54, 1.807) is 37.5 Å². The van der Waals surface area contributed by atoms with E-state index < -0.39 is 15.9 Å². The third kappa shape index (κ3) is 6.50. The summed E-state index contributed by atoms with van der Waals surface area (Å²) in [5.74, 6) is 0.630. The summed E-state index contributed by atoms with van der Waals surface area (Å²) in [6.45, 7) is 0. The number of ether oxygens (including phenoxy) is 2. The molecule has 0 unspecified atom stereocenters. The van der Waals surface area contributed by atoms with Crippen LogP contribution in [-0.4, -0.2) is 23.0 Å². The van der Waals surface area contributed by atoms with Gasteiger partial charge in [-0.05, 0) is 35.9 Å². The highest BCUT2D eigenvalue weighted by Gasteiger charge is 2.35. The van der Waals surface area contributed by atoms with E-state index in [2.05, 4.69) is 5.32 Å². The second kappa shape index (κ2) is 8.99. The zero-order valence-electron chi connectivity index (χ0n) is 13.3. The van der Waals surface area contributed by atoms with Crippen molar-refractivity contribution in [3.8, 4) is 11.5 Å². The molecule has 1 amide bonds. The molecule has 25 heavy (non-hydrogen) atoms. The Balaban J connectivity index is 2.04. The van der Waals surface area contributed by atoms with Crippen molar-refractivity contribution in [2.75, 3.05) is 7.11 Å². The lowest BCUT2D eigenvalue weighted by atomic mass is 10.2. The van der Waals surface area contributed by atoms with Crippen LogP contribution < -0.4 is 14.8 Å². The average Bonchev–Trinajstić information content (AvgIpc) is 2.60. The molecular weight excluding hydrogens is 385 g/mol. The molecule has 2 aromatic rings. The fourth-order valence-corrected chi connectivity index (χ4v) is 2.18. The Kier molecular flexibility index (Phi) is 7.00. The number of carbonyl (C=O) groups excluding carboxylic acids is 1. The molecule has 0 radical (unpaired) electrons. The minimum Gasteiger partial charge on any atom is -0.497 e. The van der Waals surface area contributed by atoms with E-state index >= 15 is 0 Å². The smallest absolute Gasteiger partial charge is 0.246 e. The topological polar surface area (TPSA) is 47.6 Å². The van der Waals surface area contributed by atoms with Gasteiger partial charge in [0, 0.05) is 6.08 Å². The van der Waals surface area contributed by atoms with Gasteiger partial charge in [-0.2, -0.15) is 0 Å². The molecule has 0 spiro atoms. The zero-order valence-corrected chi connectivity index (χ0v) is 15.6. The van der Waals surface area contributed by atoms with E-state index in [1.165, 1.54) is 6.08 Å². The van der Waals surface area contributed by atoms with Crippen LogP contribution in [0.15, 0.2) is 60.7 Å². The van der Waals surface area contributed by atoms with Crippen LogP contribution in [0.5, 0.6) is 11.5 Å². The van der Waals surface area contributed by atoms with Crippen molar-refractivity contribution < 1.29 is 14.3 Å². The van der Waals surface area contributed by atoms with E-state index in [-0.39, 0.29) is 0 Å². The molecule has 0 aromatic heterocycles. The average molecular weight is 401 g/mol. The first-order valence-corrected chi connectivity index (χ1v) is 8.43. The lowest BCUT2D eigenvalue weighted by Gasteiger charge is -2.25. The summed E-state index contributed by atoms with van der Waals surface area (Å²) in [5, 5.41) is 2.53. The van der Waals surface area contributed by atoms with Gasteiger partial charge in [0.1, 0.15) is 11.5 Å². The van der Waals surface area contributed by atoms with Crippen molar-refractivity contribution >= 4 is 46.8 Å². The molecule has 1 N–H and O–H groups in total. The molecule has 0 aliphatic carbocycles. The third-order valence-electron chi connectivity index (χ3n) is 3.11. The van der Waals surface area contributed by atoms with E-state index in [0.29, 0.717) is 11.5 Å². The molecule has 132 valence electrons. The summed E-state index contributed by atoms with van der Waals surface area (Å²) in [4.78, 5) is 12.1. The van der Waals surface area contributed by atoms with Gasteiger partial charge in [0.25, 0.3) is 0 Å². The van der Waals surface area contributed by atoms with Gasteiger partial charge in [-0.15, -0.1) is 0 Å². The minimum absolute atomic E-state index is 0.421. The van der Waals surface area contributed by atoms with Crippen molar-refractivity contribution in [2.45, 2.75) is 10.0 Å². The highest BCUT2D eigenvalue weighted by atomic mass is 35.6. The maximum atomic E-state index is 12.1. The van der Waals surface area contributed by atoms with Crippen molar-refractivity contribution in [3.63, 3.8) is 0 Å². The zero-order chi connectivity index (χ0) is 18.3. The molecule has 0 bridgehead atoms. The fourth-order valence-electron chi connectivity index (χ4n) is 1.88. The molecule has 7 heteroatoms. The highest BCUT2D eigenvalue weighted by Crippen LogP contribution is 2.32. The van der Waals surface area contributed by atoms with Gasteiger partial charge in [0.2, 0.25) is 15.9 Å². The highest BCUT2D eigenvalue weighted by molar-refractivity contribution is 6.68. The van der Waals surface area contributed by atoms with Crippen molar-refractivity contribution in [2.24, 2.45) is 0 Å². The number of hydrogen-bond acceptors (Lipinski definition) is 3. The summed E-state index contributed by atoms with van der Waals surface area (Å²) in [7, 11) is 1.55. The van der Waals surface area contributed by atoms with Crippen LogP contribution in [0.3, 0.4) is 0 Å². The lowest BCUT2D eigenvalue weighted by Crippen LogP contribution is -2.47. The maximum Gasteiger partial charge on any atom is 0.246 e. The second-order valence-corrected chi connectivity index (χ2v) is 7.34. The normalized spacial score (nSPS) is 12.6. The Morgan fingerprint density at radius 3 is 2.20 bits per heavy atom. The number of amides is 1. The first kappa shape index (κ1) is 19.4. The van der Waals surface area contributed by atoms with Crippen molar-refractivity contribution in [1.82, 2.24) is 5.32 Å². The summed E-state index contributed by atoms with van der Waals surface area (Å²) in [6.07, 6.45) is 1.83. The number of benzene rings is 2. The Labute approximate surface area is 161 Å². The van der Waals surface area contributed by atoms with E-state index in [9.17, 15) is 4.79 Å². The molecule has 0 aliphatic rings. The van der Waals surface area contributed by atoms with Crippen molar-refractivity contribution in [3.05, 3.63) is 66.2 Å². The summed E-state index contributed by atoms with van der Waals surface area (Å²) in [5.41, 5.74) is 0.874. The van der Waals surface area contributed by atoms with E-state index in [1.807, 2.05) is 30.3 Å². The van der Waals surface area contributed by atoms with Gasteiger partial charge in [0.15, 0.2) is 0 Å². The predicted octanol–water partition coefficient (Wildman–Crippen LogP) is 4.60. The van der Waals surface area contributed by atoms with Gasteiger partial charge in [0.05, 0.1) is 7.11 Å². The van der Waals surface area contributed by atoms with Crippen LogP contribution in [0.4, 0.5) is 0 Å². The minimum atomic E-state index is -1.85. The molecule has 2 aromatic carbocycles. The number of halogens is 3. The Bertz CT molecular complexity index is 713. The molecule has 4 nitrogen and oxygen atoms in total. The molecule has 1 atom stereocenters. The number of carbonyl (C=O) groups is 1. The summed E-state index contributed by atoms with van der Waals surface area (Å²) < 4.78 is 8.80. The molecule has 0 heterocycles. The molecule has 0 fully saturated rings. The largest absolute Gasteiger partial charge is 0.497 e. The number of hydrogen-bond donors (Lipinski definition) is 1. The van der Waals surface area contributed by atoms with Crippen LogP contribution in [-0.2, 0) is 4.79 Å². The predicted molar refractivity (Wildman–Crippen MR) is 101 cm³/mol. The lowest BCUT2D eigenvalue weighted by molar-refractivity contribution is -0.118. The molecule has 0 saturated carbocycles. The molecule has 2 rings (SSSR count). The van der Waals surface area contributed by atoms with Crippen LogP contribution in [0.25, 0.3) is 6.08 Å². The van der Waals surface area contributed by atoms with Gasteiger partial charge in [-0.1, -0.05) is 65.1 Å². The monoisotopic (exact) mass is 399 g/mol. The fraction of sp³-hybridized carbons (Fsp3) is 0.167. The first-order chi connectivity index (χ1) is 11.9. The van der Waals surface area contributed by atoms with Crippen LogP contribution in [0.2, 0.25) is 0 Å². The SMILES string of the molecule is COc1ccc(O[C@H](NC(=O)/C=C/c2ccccc2)C(Cl)(Cl)Cl)cc1. The van der Waals surface area contributed by atoms with E-state index in [4.69, 9.17) is 44.3 Å². The van der Waals surface area contributed by atoms with E-state index in [0.717, 1.165) is 5.56 Å². The van der Waals surface area contributed by atoms with Crippen LogP contribution >= 0.6 is 34.8 Å². The maximum absolute atomic E-state index is 12.1. The standard InChI is InChI=1S/C18H16Cl3NO3/c1-24-14-8-10-15(11-9-14)25-17(18(19,20)21)22-16(23)12-7-13-5-3-2-4-6-13/h2-12,17H,1H3,(H,22,23)/b12-7+/t17-/m0/s1. The van der Waals surface area contributed by atoms with Crippen LogP contribution in [0.1, 0.15) is 5.56 Å². The number of alkyl halides is 3. The van der Waals surface area contributed by atoms with Gasteiger partial charge < -0.3 is 14.8 Å². The number of nitrogens with one attached hydrogen (secondary N) is 1. The Morgan fingerprint density at radius 1 is 1.04 bits per heavy atom. The molecular formula is C18H16Cl3NO3. The third-order valence-corrected chi connectivity index (χ3v) is 3.71. The Morgan fingerprint density at radius 2 is 1.64 bits per heavy atom. The quantitative estimate of drug-likeness (QED) is 0.438. The summed E-state index contributed by atoms with van der Waals surface area (Å²) in [6, 6.07) is 16.0. The van der Waals surface area contributed by atoms with Gasteiger partial charge in [-0.3, -0.25) is 4.79 Å². The summed E-state index contributed by atoms with van der Waals surface area (Å²) >= 11 is 17.7. The number of rotatable bonds is 6. The molecule has 0 saturated heterocycles. The second-order valence-electron chi connectivity index (χ2n) is 4.97.